The van der Waals surface area contributed by atoms with Crippen LogP contribution in [0.1, 0.15) is 0 Å². The number of hydrogen-bond acceptors (Lipinski definition) is 1. The van der Waals surface area contributed by atoms with Crippen LogP contribution in [0.4, 0.5) is 5.82 Å². The molecule has 4 aromatic rings. The van der Waals surface area contributed by atoms with Crippen LogP contribution in [0.3, 0.4) is 0 Å². The van der Waals surface area contributed by atoms with Gasteiger partial charge in [-0.1, -0.05) is 60.7 Å². The van der Waals surface area contributed by atoms with E-state index in [9.17, 15) is 0 Å². The Kier molecular flexibility index (Phi) is 2.90. The Bertz CT molecular complexity index is 922. The van der Waals surface area contributed by atoms with Gasteiger partial charge in [-0.2, -0.15) is 5.10 Å². The number of hydrogen-bond donors (Lipinski definition) is 2. The molecule has 0 saturated carbocycles. The molecule has 0 aliphatic heterocycles. The van der Waals surface area contributed by atoms with Gasteiger partial charge in [0.2, 0.25) is 0 Å². The van der Waals surface area contributed by atoms with Gasteiger partial charge >= 0.3 is 0 Å². The summed E-state index contributed by atoms with van der Waals surface area (Å²) < 4.78 is 0. The average Bonchev–Trinajstić information content (AvgIpc) is 2.96. The van der Waals surface area contributed by atoms with Crippen LogP contribution >= 0.6 is 0 Å². The minimum absolute atomic E-state index is 0.668. The van der Waals surface area contributed by atoms with E-state index in [-0.39, 0.29) is 0 Å². The Morgan fingerprint density at radius 2 is 1.27 bits per heavy atom. The third-order valence-electron chi connectivity index (χ3n) is 3.97. The van der Waals surface area contributed by atoms with E-state index < -0.39 is 0 Å². The van der Waals surface area contributed by atoms with E-state index in [1.165, 1.54) is 22.3 Å². The van der Waals surface area contributed by atoms with Gasteiger partial charge < -0.3 is 0 Å². The number of nitrogen functional groups attached to an aromatic ring is 1. The molecule has 0 spiro atoms. The van der Waals surface area contributed by atoms with Crippen molar-refractivity contribution in [3.05, 3.63) is 72.8 Å². The maximum absolute atomic E-state index is 5.86. The molecule has 0 radical (unpaired) electrons. The lowest BCUT2D eigenvalue weighted by atomic mass is 10.00. The smallest absolute Gasteiger partial charge is 0.285 e. The Hall–Kier alpha value is -3.07. The molecule has 3 aromatic carbocycles. The summed E-state index contributed by atoms with van der Waals surface area (Å²) in [5, 5.41) is 7.04. The van der Waals surface area contributed by atoms with Gasteiger partial charge in [0.1, 0.15) is 0 Å². The fraction of sp³-hybridized carbons (Fsp3) is 0. The molecule has 0 saturated heterocycles. The fourth-order valence-corrected chi connectivity index (χ4v) is 2.75. The van der Waals surface area contributed by atoms with Crippen LogP contribution in [0.5, 0.6) is 0 Å². The molecule has 1 aromatic heterocycles. The second-order valence-corrected chi connectivity index (χ2v) is 5.37. The molecule has 0 amide bonds. The van der Waals surface area contributed by atoms with E-state index in [1.54, 1.807) is 0 Å². The standard InChI is InChI=1S/C19H15N3/c20-19-17-11-10-16(12-18(17)21-22-19)15-8-6-14(7-9-15)13-4-2-1-3-5-13/h1-12H,(H3,20,21,22)/p+1. The Labute approximate surface area is 128 Å². The van der Waals surface area contributed by atoms with Crippen molar-refractivity contribution in [1.29, 1.82) is 0 Å². The monoisotopic (exact) mass is 286 g/mol. The number of benzene rings is 3. The van der Waals surface area contributed by atoms with Crippen molar-refractivity contribution in [1.82, 2.24) is 5.10 Å². The SMILES string of the molecule is Nc1[nH+][nH]c2cc(-c3ccc(-c4ccccc4)cc3)ccc12. The number of fused-ring (bicyclic) bond motifs is 1. The van der Waals surface area contributed by atoms with Gasteiger partial charge in [-0.05, 0) is 34.4 Å². The van der Waals surface area contributed by atoms with Crippen molar-refractivity contribution in [3.8, 4) is 22.3 Å². The highest BCUT2D eigenvalue weighted by Crippen LogP contribution is 2.27. The normalized spacial score (nSPS) is 10.9. The van der Waals surface area contributed by atoms with Gasteiger partial charge in [0.15, 0.2) is 0 Å². The molecule has 0 aliphatic rings. The Balaban J connectivity index is 1.72. The average molecular weight is 286 g/mol. The summed E-state index contributed by atoms with van der Waals surface area (Å²) in [6.07, 6.45) is 0. The van der Waals surface area contributed by atoms with Crippen molar-refractivity contribution in [2.45, 2.75) is 0 Å². The predicted molar refractivity (Wildman–Crippen MR) is 90.1 cm³/mol. The van der Waals surface area contributed by atoms with Crippen LogP contribution < -0.4 is 10.8 Å². The molecule has 22 heavy (non-hydrogen) atoms. The summed E-state index contributed by atoms with van der Waals surface area (Å²) in [6.45, 7) is 0. The molecule has 0 bridgehead atoms. The topological polar surface area (TPSA) is 55.9 Å². The van der Waals surface area contributed by atoms with E-state index >= 15 is 0 Å². The quantitative estimate of drug-likeness (QED) is 0.577. The van der Waals surface area contributed by atoms with Crippen LogP contribution in [-0.2, 0) is 0 Å². The molecule has 0 atom stereocenters. The van der Waals surface area contributed by atoms with Crippen LogP contribution in [0, 0.1) is 0 Å². The van der Waals surface area contributed by atoms with E-state index in [0.29, 0.717) is 5.82 Å². The third-order valence-corrected chi connectivity index (χ3v) is 3.97. The molecule has 0 aliphatic carbocycles. The number of aromatic amines is 2. The highest BCUT2D eigenvalue weighted by Gasteiger charge is 2.08. The second kappa shape index (κ2) is 5.04. The van der Waals surface area contributed by atoms with E-state index in [0.717, 1.165) is 10.9 Å². The minimum Gasteiger partial charge on any atom is -0.285 e. The fourth-order valence-electron chi connectivity index (χ4n) is 2.75. The van der Waals surface area contributed by atoms with Gasteiger partial charge in [0, 0.05) is 0 Å². The lowest BCUT2D eigenvalue weighted by Gasteiger charge is -2.05. The van der Waals surface area contributed by atoms with Crippen molar-refractivity contribution in [3.63, 3.8) is 0 Å². The van der Waals surface area contributed by atoms with Gasteiger partial charge in [-0.3, -0.25) is 5.73 Å². The molecule has 3 nitrogen and oxygen atoms in total. The highest BCUT2D eigenvalue weighted by molar-refractivity contribution is 5.90. The van der Waals surface area contributed by atoms with Crippen molar-refractivity contribution in [2.24, 2.45) is 0 Å². The van der Waals surface area contributed by atoms with Gasteiger partial charge in [0.05, 0.1) is 10.9 Å². The number of nitrogens with one attached hydrogen (secondary N) is 2. The van der Waals surface area contributed by atoms with E-state index in [4.69, 9.17) is 5.73 Å². The molecule has 4 N–H and O–H groups in total. The second-order valence-electron chi connectivity index (χ2n) is 5.37. The maximum atomic E-state index is 5.86. The van der Waals surface area contributed by atoms with Gasteiger partial charge in [-0.25, -0.2) is 5.10 Å². The first-order chi connectivity index (χ1) is 10.8. The molecular formula is C19H16N3+. The first-order valence-electron chi connectivity index (χ1n) is 7.26. The van der Waals surface area contributed by atoms with Crippen molar-refractivity contribution < 1.29 is 5.10 Å². The summed E-state index contributed by atoms with van der Waals surface area (Å²) >= 11 is 0. The zero-order chi connectivity index (χ0) is 14.9. The lowest BCUT2D eigenvalue weighted by molar-refractivity contribution is -0.430. The molecule has 3 heteroatoms. The predicted octanol–water partition coefficient (Wildman–Crippen LogP) is 3.90. The summed E-state index contributed by atoms with van der Waals surface area (Å²) in [7, 11) is 0. The molecular weight excluding hydrogens is 270 g/mol. The van der Waals surface area contributed by atoms with Crippen LogP contribution in [0.15, 0.2) is 72.8 Å². The van der Waals surface area contributed by atoms with Gasteiger partial charge in [0.25, 0.3) is 5.82 Å². The largest absolute Gasteiger partial charge is 0.298 e. The molecule has 1 heterocycles. The highest BCUT2D eigenvalue weighted by atomic mass is 15.1. The summed E-state index contributed by atoms with van der Waals surface area (Å²) in [5.41, 5.74) is 11.7. The summed E-state index contributed by atoms with van der Waals surface area (Å²) in [5.74, 6) is 0.668. The first kappa shape index (κ1) is 12.7. The lowest BCUT2D eigenvalue weighted by Crippen LogP contribution is -2.06. The number of H-pyrrole nitrogens is 2. The van der Waals surface area contributed by atoms with Crippen molar-refractivity contribution in [2.75, 3.05) is 5.73 Å². The zero-order valence-corrected chi connectivity index (χ0v) is 12.0. The number of rotatable bonds is 2. The molecule has 0 unspecified atom stereocenters. The van der Waals surface area contributed by atoms with Crippen molar-refractivity contribution >= 4 is 16.7 Å². The van der Waals surface area contributed by atoms with Crippen LogP contribution in [0.2, 0.25) is 0 Å². The third kappa shape index (κ3) is 2.13. The van der Waals surface area contributed by atoms with E-state index in [1.807, 2.05) is 12.1 Å². The summed E-state index contributed by atoms with van der Waals surface area (Å²) in [6, 6.07) is 25.3. The summed E-state index contributed by atoms with van der Waals surface area (Å²) in [4.78, 5) is 0. The first-order valence-corrected chi connectivity index (χ1v) is 7.26. The number of anilines is 1. The minimum atomic E-state index is 0.668. The molecule has 4 rings (SSSR count). The Morgan fingerprint density at radius 3 is 2.00 bits per heavy atom. The Morgan fingerprint density at radius 1 is 0.682 bits per heavy atom. The maximum Gasteiger partial charge on any atom is 0.298 e. The number of aromatic nitrogens is 2. The molecule has 106 valence electrons. The number of nitrogens with two attached hydrogens (primary N) is 1. The van der Waals surface area contributed by atoms with Crippen LogP contribution in [0.25, 0.3) is 33.2 Å². The zero-order valence-electron chi connectivity index (χ0n) is 12.0. The molecule has 0 fully saturated rings. The van der Waals surface area contributed by atoms with Crippen LogP contribution in [-0.4, -0.2) is 5.10 Å². The van der Waals surface area contributed by atoms with Gasteiger partial charge in [-0.15, -0.1) is 0 Å². The van der Waals surface area contributed by atoms with E-state index in [2.05, 4.69) is 70.9 Å².